The molecule has 5 nitrogen and oxygen atoms in total. The van der Waals surface area contributed by atoms with Crippen molar-refractivity contribution in [3.8, 4) is 0 Å². The lowest BCUT2D eigenvalue weighted by atomic mass is 10.2. The third kappa shape index (κ3) is 4.04. The largest absolute Gasteiger partial charge is 0.406 e. The fraction of sp³-hybridized carbons (Fsp3) is 0.500. The number of aromatic nitrogens is 2. The molecule has 5 heteroatoms. The normalized spacial score (nSPS) is 12.6. The summed E-state index contributed by atoms with van der Waals surface area (Å²) in [4.78, 5) is 2.12. The second-order valence-corrected chi connectivity index (χ2v) is 5.41. The van der Waals surface area contributed by atoms with Gasteiger partial charge in [0.25, 0.3) is 0 Å². The zero-order valence-electron chi connectivity index (χ0n) is 13.2. The maximum atomic E-state index is 5.83. The molecule has 1 atom stereocenters. The fourth-order valence-corrected chi connectivity index (χ4v) is 2.16. The van der Waals surface area contributed by atoms with Gasteiger partial charge in [-0.25, -0.2) is 0 Å². The third-order valence-corrected chi connectivity index (χ3v) is 3.38. The lowest BCUT2D eigenvalue weighted by Crippen LogP contribution is -2.30. The molecule has 0 aliphatic heterocycles. The van der Waals surface area contributed by atoms with Crippen molar-refractivity contribution in [1.82, 2.24) is 15.5 Å². The molecule has 2 rings (SSSR count). The van der Waals surface area contributed by atoms with Crippen LogP contribution >= 0.6 is 0 Å². The molecule has 1 unspecified atom stereocenters. The lowest BCUT2D eigenvalue weighted by Gasteiger charge is -2.24. The Bertz CT molecular complexity index is 538. The second-order valence-electron chi connectivity index (χ2n) is 5.41. The van der Waals surface area contributed by atoms with Crippen molar-refractivity contribution in [3.63, 3.8) is 0 Å². The molecule has 1 heterocycles. The molecule has 2 aromatic rings. The maximum Gasteiger partial charge on any atom is 0.318 e. The average Bonchev–Trinajstić information content (AvgIpc) is 2.95. The maximum absolute atomic E-state index is 5.83. The van der Waals surface area contributed by atoms with Gasteiger partial charge in [-0.05, 0) is 32.9 Å². The van der Waals surface area contributed by atoms with Crippen LogP contribution in [0.4, 0.5) is 6.01 Å². The van der Waals surface area contributed by atoms with Gasteiger partial charge in [-0.1, -0.05) is 42.4 Å². The van der Waals surface area contributed by atoms with Crippen molar-refractivity contribution in [2.45, 2.75) is 46.3 Å². The summed E-state index contributed by atoms with van der Waals surface area (Å²) < 4.78 is 5.83. The van der Waals surface area contributed by atoms with Crippen LogP contribution < -0.4 is 10.2 Å². The minimum Gasteiger partial charge on any atom is -0.406 e. The standard InChI is InChI=1S/C16H24N4O/c1-5-17-13(4)15-18-19-16(21-15)20(12(2)3)11-14-9-7-6-8-10-14/h6-10,12-13,17H,5,11H2,1-4H3. The van der Waals surface area contributed by atoms with Crippen LogP contribution in [0.5, 0.6) is 0 Å². The van der Waals surface area contributed by atoms with Crippen molar-refractivity contribution in [1.29, 1.82) is 0 Å². The highest BCUT2D eigenvalue weighted by Gasteiger charge is 2.20. The van der Waals surface area contributed by atoms with E-state index in [9.17, 15) is 0 Å². The summed E-state index contributed by atoms with van der Waals surface area (Å²) in [6, 6.07) is 11.2. The van der Waals surface area contributed by atoms with E-state index in [1.165, 1.54) is 5.56 Å². The van der Waals surface area contributed by atoms with Gasteiger partial charge in [0.15, 0.2) is 0 Å². The number of rotatable bonds is 7. The Morgan fingerprint density at radius 1 is 1.14 bits per heavy atom. The van der Waals surface area contributed by atoms with E-state index in [1.807, 2.05) is 25.1 Å². The van der Waals surface area contributed by atoms with Crippen molar-refractivity contribution in [3.05, 3.63) is 41.8 Å². The van der Waals surface area contributed by atoms with Gasteiger partial charge in [-0.3, -0.25) is 0 Å². The van der Waals surface area contributed by atoms with E-state index in [0.717, 1.165) is 13.1 Å². The van der Waals surface area contributed by atoms with Crippen LogP contribution in [0.2, 0.25) is 0 Å². The van der Waals surface area contributed by atoms with Crippen molar-refractivity contribution in [2.75, 3.05) is 11.4 Å². The van der Waals surface area contributed by atoms with Crippen LogP contribution in [-0.2, 0) is 6.54 Å². The van der Waals surface area contributed by atoms with Crippen LogP contribution in [0.1, 0.15) is 45.2 Å². The van der Waals surface area contributed by atoms with E-state index in [0.29, 0.717) is 11.9 Å². The summed E-state index contributed by atoms with van der Waals surface area (Å²) in [5, 5.41) is 11.6. The molecule has 114 valence electrons. The molecule has 0 spiro atoms. The third-order valence-electron chi connectivity index (χ3n) is 3.38. The van der Waals surface area contributed by atoms with Crippen molar-refractivity contribution < 1.29 is 4.42 Å². The highest BCUT2D eigenvalue weighted by molar-refractivity contribution is 5.30. The number of nitrogens with zero attached hydrogens (tertiary/aromatic N) is 3. The molecule has 0 saturated carbocycles. The Labute approximate surface area is 126 Å². The van der Waals surface area contributed by atoms with Crippen LogP contribution in [0, 0.1) is 0 Å². The first kappa shape index (κ1) is 15.5. The first-order valence-electron chi connectivity index (χ1n) is 7.49. The highest BCUT2D eigenvalue weighted by Crippen LogP contribution is 2.21. The number of anilines is 1. The van der Waals surface area contributed by atoms with Crippen molar-refractivity contribution >= 4 is 6.01 Å². The Morgan fingerprint density at radius 3 is 2.48 bits per heavy atom. The zero-order chi connectivity index (χ0) is 15.2. The molecule has 0 fully saturated rings. The second kappa shape index (κ2) is 7.22. The molecule has 21 heavy (non-hydrogen) atoms. The Kier molecular flexibility index (Phi) is 5.33. The average molecular weight is 288 g/mol. The molecule has 0 bridgehead atoms. The van der Waals surface area contributed by atoms with Gasteiger partial charge < -0.3 is 14.6 Å². The van der Waals surface area contributed by atoms with Crippen LogP contribution in [0.25, 0.3) is 0 Å². The van der Waals surface area contributed by atoms with E-state index in [-0.39, 0.29) is 12.1 Å². The quantitative estimate of drug-likeness (QED) is 0.848. The summed E-state index contributed by atoms with van der Waals surface area (Å²) in [5.41, 5.74) is 1.23. The van der Waals surface area contributed by atoms with Gasteiger partial charge in [0.05, 0.1) is 6.04 Å². The molecule has 0 saturated heterocycles. The number of nitrogens with one attached hydrogen (secondary N) is 1. The highest BCUT2D eigenvalue weighted by atomic mass is 16.4. The number of hydrogen-bond donors (Lipinski definition) is 1. The van der Waals surface area contributed by atoms with Gasteiger partial charge in [-0.15, -0.1) is 5.10 Å². The van der Waals surface area contributed by atoms with E-state index >= 15 is 0 Å². The first-order valence-corrected chi connectivity index (χ1v) is 7.49. The van der Waals surface area contributed by atoms with Crippen LogP contribution in [0.15, 0.2) is 34.7 Å². The molecule has 1 N–H and O–H groups in total. The molecule has 0 radical (unpaired) electrons. The van der Waals surface area contributed by atoms with Crippen LogP contribution in [-0.4, -0.2) is 22.8 Å². The lowest BCUT2D eigenvalue weighted by molar-refractivity contribution is 0.413. The molecule has 0 aliphatic carbocycles. The SMILES string of the molecule is CCNC(C)c1nnc(N(Cc2ccccc2)C(C)C)o1. The van der Waals surface area contributed by atoms with E-state index in [2.05, 4.69) is 53.3 Å². The Hall–Kier alpha value is -1.88. The predicted octanol–water partition coefficient (Wildman–Crippen LogP) is 3.16. The summed E-state index contributed by atoms with van der Waals surface area (Å²) in [6.07, 6.45) is 0. The smallest absolute Gasteiger partial charge is 0.318 e. The summed E-state index contributed by atoms with van der Waals surface area (Å²) in [7, 11) is 0. The van der Waals surface area contributed by atoms with Gasteiger partial charge in [0.1, 0.15) is 0 Å². The molecular formula is C16H24N4O. The monoisotopic (exact) mass is 288 g/mol. The number of hydrogen-bond acceptors (Lipinski definition) is 5. The van der Waals surface area contributed by atoms with Crippen LogP contribution in [0.3, 0.4) is 0 Å². The zero-order valence-corrected chi connectivity index (χ0v) is 13.2. The van der Waals surface area contributed by atoms with Gasteiger partial charge in [0, 0.05) is 12.6 Å². The molecule has 1 aromatic carbocycles. The molecule has 0 amide bonds. The summed E-state index contributed by atoms with van der Waals surface area (Å²) >= 11 is 0. The predicted molar refractivity (Wildman–Crippen MR) is 84.2 cm³/mol. The van der Waals surface area contributed by atoms with E-state index in [1.54, 1.807) is 0 Å². The fourth-order valence-electron chi connectivity index (χ4n) is 2.16. The summed E-state index contributed by atoms with van der Waals surface area (Å²) in [5.74, 6) is 0.630. The van der Waals surface area contributed by atoms with Gasteiger partial charge in [0.2, 0.25) is 5.89 Å². The van der Waals surface area contributed by atoms with Gasteiger partial charge in [-0.2, -0.15) is 0 Å². The summed E-state index contributed by atoms with van der Waals surface area (Å²) in [6.45, 7) is 9.97. The molecular weight excluding hydrogens is 264 g/mol. The van der Waals surface area contributed by atoms with Gasteiger partial charge >= 0.3 is 6.01 Å². The Morgan fingerprint density at radius 2 is 1.86 bits per heavy atom. The topological polar surface area (TPSA) is 54.2 Å². The Balaban J connectivity index is 2.15. The van der Waals surface area contributed by atoms with E-state index < -0.39 is 0 Å². The number of benzene rings is 1. The first-order chi connectivity index (χ1) is 10.1. The minimum atomic E-state index is 0.0713. The molecule has 1 aromatic heterocycles. The minimum absolute atomic E-state index is 0.0713. The van der Waals surface area contributed by atoms with E-state index in [4.69, 9.17) is 4.42 Å². The molecule has 0 aliphatic rings. The van der Waals surface area contributed by atoms with Crippen molar-refractivity contribution in [2.24, 2.45) is 0 Å².